The Morgan fingerprint density at radius 3 is 1.91 bits per heavy atom. The largest absolute Gasteiger partial charge is 0.382 e. The third-order valence-corrected chi connectivity index (χ3v) is 4.80. The number of hydrogen-bond acceptors (Lipinski definition) is 1. The quantitative estimate of drug-likeness (QED) is 0.872. The first-order chi connectivity index (χ1) is 10.8. The fourth-order valence-electron chi connectivity index (χ4n) is 3.55. The van der Waals surface area contributed by atoms with Gasteiger partial charge >= 0.3 is 0 Å². The predicted molar refractivity (Wildman–Crippen MR) is 89.4 cm³/mol. The van der Waals surface area contributed by atoms with Crippen LogP contribution in [0.15, 0.2) is 60.7 Å². The average Bonchev–Trinajstić information content (AvgIpc) is 2.61. The summed E-state index contributed by atoms with van der Waals surface area (Å²) in [6, 6.07) is 21.2. The van der Waals surface area contributed by atoms with Crippen LogP contribution < -0.4 is 5.32 Å². The monoisotopic (exact) mass is 296 g/mol. The van der Waals surface area contributed by atoms with Crippen LogP contribution in [0.5, 0.6) is 0 Å². The van der Waals surface area contributed by atoms with Crippen LogP contribution in [0.1, 0.15) is 55.4 Å². The molecular weight excluding hydrogens is 270 g/mol. The van der Waals surface area contributed by atoms with Gasteiger partial charge in [0.25, 0.3) is 0 Å². The lowest BCUT2D eigenvalue weighted by Gasteiger charge is -2.28. The lowest BCUT2D eigenvalue weighted by Crippen LogP contribution is -2.91. The lowest BCUT2D eigenvalue weighted by molar-refractivity contribution is -0.738. The molecule has 2 atom stereocenters. The van der Waals surface area contributed by atoms with E-state index in [-0.39, 0.29) is 6.04 Å². The number of nitrogens with two attached hydrogens (primary N) is 1. The first kappa shape index (κ1) is 15.3. The van der Waals surface area contributed by atoms with Crippen molar-refractivity contribution in [3.63, 3.8) is 0 Å². The van der Waals surface area contributed by atoms with Crippen LogP contribution in [0.3, 0.4) is 0 Å². The van der Waals surface area contributed by atoms with E-state index in [4.69, 9.17) is 0 Å². The molecule has 0 aliphatic heterocycles. The highest BCUT2D eigenvalue weighted by molar-refractivity contribution is 5.24. The molecule has 2 aromatic rings. The molecule has 1 aliphatic carbocycles. The summed E-state index contributed by atoms with van der Waals surface area (Å²) < 4.78 is 0. The van der Waals surface area contributed by atoms with E-state index in [1.807, 2.05) is 36.4 Å². The van der Waals surface area contributed by atoms with E-state index >= 15 is 0 Å². The topological polar surface area (TPSA) is 36.8 Å². The highest BCUT2D eigenvalue weighted by Crippen LogP contribution is 2.26. The minimum atomic E-state index is -0.467. The van der Waals surface area contributed by atoms with Crippen molar-refractivity contribution in [2.45, 2.75) is 50.3 Å². The van der Waals surface area contributed by atoms with Crippen molar-refractivity contribution in [3.05, 3.63) is 71.8 Å². The predicted octanol–water partition coefficient (Wildman–Crippen LogP) is 3.36. The maximum absolute atomic E-state index is 10.9. The van der Waals surface area contributed by atoms with Crippen LogP contribution in [0.2, 0.25) is 0 Å². The van der Waals surface area contributed by atoms with Crippen LogP contribution in [0.25, 0.3) is 0 Å². The van der Waals surface area contributed by atoms with E-state index in [9.17, 15) is 5.11 Å². The zero-order chi connectivity index (χ0) is 15.2. The van der Waals surface area contributed by atoms with E-state index < -0.39 is 6.10 Å². The van der Waals surface area contributed by atoms with E-state index in [1.165, 1.54) is 37.7 Å². The number of hydrogen-bond donors (Lipinski definition) is 2. The molecule has 3 rings (SSSR count). The van der Waals surface area contributed by atoms with Gasteiger partial charge in [-0.3, -0.25) is 0 Å². The Hall–Kier alpha value is -1.64. The third-order valence-electron chi connectivity index (χ3n) is 4.80. The molecule has 0 bridgehead atoms. The fourth-order valence-corrected chi connectivity index (χ4v) is 3.55. The SMILES string of the molecule is O[C@@H](c1ccccc1)[C@H]([NH2+]C1CCCCC1)c1ccccc1. The zero-order valence-electron chi connectivity index (χ0n) is 13.1. The first-order valence-corrected chi connectivity index (χ1v) is 8.47. The van der Waals surface area contributed by atoms with Gasteiger partial charge in [-0.2, -0.15) is 0 Å². The second-order valence-electron chi connectivity index (χ2n) is 6.38. The zero-order valence-corrected chi connectivity index (χ0v) is 13.1. The highest BCUT2D eigenvalue weighted by Gasteiger charge is 2.29. The first-order valence-electron chi connectivity index (χ1n) is 8.47. The Bertz CT molecular complexity index is 548. The maximum Gasteiger partial charge on any atom is 0.142 e. The van der Waals surface area contributed by atoms with Crippen LogP contribution in [0, 0.1) is 0 Å². The molecule has 0 saturated heterocycles. The molecule has 2 aromatic carbocycles. The fraction of sp³-hybridized carbons (Fsp3) is 0.400. The Morgan fingerprint density at radius 1 is 0.773 bits per heavy atom. The van der Waals surface area contributed by atoms with Crippen molar-refractivity contribution in [1.29, 1.82) is 0 Å². The van der Waals surface area contributed by atoms with Gasteiger partial charge in [0.1, 0.15) is 12.1 Å². The lowest BCUT2D eigenvalue weighted by atomic mass is 9.91. The highest BCUT2D eigenvalue weighted by atomic mass is 16.3. The van der Waals surface area contributed by atoms with Gasteiger partial charge in [-0.1, -0.05) is 67.1 Å². The van der Waals surface area contributed by atoms with Crippen LogP contribution >= 0.6 is 0 Å². The molecule has 3 N–H and O–H groups in total. The van der Waals surface area contributed by atoms with Crippen LogP contribution in [0.4, 0.5) is 0 Å². The van der Waals surface area contributed by atoms with Gasteiger partial charge in [-0.25, -0.2) is 0 Å². The van der Waals surface area contributed by atoms with Crippen molar-refractivity contribution >= 4 is 0 Å². The average molecular weight is 296 g/mol. The van der Waals surface area contributed by atoms with Crippen LogP contribution in [-0.2, 0) is 0 Å². The molecule has 0 unspecified atom stereocenters. The van der Waals surface area contributed by atoms with Crippen LogP contribution in [-0.4, -0.2) is 11.1 Å². The maximum atomic E-state index is 10.9. The Labute approximate surface area is 133 Å². The molecule has 0 aromatic heterocycles. The van der Waals surface area contributed by atoms with Gasteiger partial charge < -0.3 is 10.4 Å². The van der Waals surface area contributed by atoms with Gasteiger partial charge in [-0.15, -0.1) is 0 Å². The minimum Gasteiger partial charge on any atom is -0.382 e. The third kappa shape index (κ3) is 3.76. The van der Waals surface area contributed by atoms with E-state index in [2.05, 4.69) is 29.6 Å². The molecule has 1 saturated carbocycles. The second kappa shape index (κ2) is 7.57. The van der Waals surface area contributed by atoms with Gasteiger partial charge in [0, 0.05) is 5.56 Å². The molecule has 0 spiro atoms. The van der Waals surface area contributed by atoms with E-state index in [0.717, 1.165) is 5.56 Å². The molecule has 0 amide bonds. The summed E-state index contributed by atoms with van der Waals surface area (Å²) in [6.07, 6.45) is 6.08. The number of aliphatic hydroxyl groups is 1. The van der Waals surface area contributed by atoms with Crippen molar-refractivity contribution in [3.8, 4) is 0 Å². The molecule has 2 heteroatoms. The van der Waals surface area contributed by atoms with E-state index in [1.54, 1.807) is 0 Å². The van der Waals surface area contributed by atoms with Gasteiger partial charge in [0.05, 0.1) is 6.04 Å². The number of benzene rings is 2. The molecule has 22 heavy (non-hydrogen) atoms. The minimum absolute atomic E-state index is 0.0756. The molecule has 1 aliphatic rings. The summed E-state index contributed by atoms with van der Waals surface area (Å²) >= 11 is 0. The van der Waals surface area contributed by atoms with Gasteiger partial charge in [-0.05, 0) is 31.2 Å². The standard InChI is InChI=1S/C20H25NO/c22-20(17-12-6-2-7-13-17)19(16-10-4-1-5-11-16)21-18-14-8-3-9-15-18/h1-2,4-7,10-13,18-22H,3,8-9,14-15H2/p+1/t19-,20+/m1/s1. The summed E-state index contributed by atoms with van der Waals surface area (Å²) in [6.45, 7) is 0. The summed E-state index contributed by atoms with van der Waals surface area (Å²) in [5, 5.41) is 13.3. The molecule has 0 radical (unpaired) electrons. The smallest absolute Gasteiger partial charge is 0.142 e. The van der Waals surface area contributed by atoms with Crippen molar-refractivity contribution < 1.29 is 10.4 Å². The molecular formula is C20H26NO+. The Morgan fingerprint density at radius 2 is 1.32 bits per heavy atom. The number of aliphatic hydroxyl groups excluding tert-OH is 1. The van der Waals surface area contributed by atoms with Crippen molar-refractivity contribution in [2.24, 2.45) is 0 Å². The van der Waals surface area contributed by atoms with Gasteiger partial charge in [0.15, 0.2) is 0 Å². The van der Waals surface area contributed by atoms with Crippen molar-refractivity contribution in [2.75, 3.05) is 0 Å². The summed E-state index contributed by atoms with van der Waals surface area (Å²) in [5.41, 5.74) is 2.22. The summed E-state index contributed by atoms with van der Waals surface area (Å²) in [7, 11) is 0. The van der Waals surface area contributed by atoms with E-state index in [0.29, 0.717) is 6.04 Å². The second-order valence-corrected chi connectivity index (χ2v) is 6.38. The molecule has 116 valence electrons. The van der Waals surface area contributed by atoms with Gasteiger partial charge in [0.2, 0.25) is 0 Å². The molecule has 0 heterocycles. The number of rotatable bonds is 5. The molecule has 2 nitrogen and oxygen atoms in total. The van der Waals surface area contributed by atoms with Crippen molar-refractivity contribution in [1.82, 2.24) is 0 Å². The summed E-state index contributed by atoms with van der Waals surface area (Å²) in [4.78, 5) is 0. The molecule has 1 fully saturated rings. The Balaban J connectivity index is 1.82. The normalized spacial score (nSPS) is 18.8. The number of quaternary nitrogens is 1. The summed E-state index contributed by atoms with van der Waals surface area (Å²) in [5.74, 6) is 0. The Kier molecular flexibility index (Phi) is 5.25.